The van der Waals surface area contributed by atoms with E-state index in [4.69, 9.17) is 0 Å². The molecule has 3 heterocycles. The quantitative estimate of drug-likeness (QED) is 0.893. The number of piperazine rings is 1. The fourth-order valence-electron chi connectivity index (χ4n) is 3.52. The van der Waals surface area contributed by atoms with Gasteiger partial charge in [-0.15, -0.1) is 0 Å². The number of hydrogen-bond acceptors (Lipinski definition) is 5. The van der Waals surface area contributed by atoms with Gasteiger partial charge in [-0.3, -0.25) is 9.69 Å². The zero-order valence-electron chi connectivity index (χ0n) is 13.5. The molecule has 0 radical (unpaired) electrons. The second-order valence-electron chi connectivity index (χ2n) is 6.09. The van der Waals surface area contributed by atoms with Crippen LogP contribution in [0, 0.1) is 6.92 Å². The zero-order chi connectivity index (χ0) is 15.5. The molecule has 1 aromatic rings. The van der Waals surface area contributed by atoms with Crippen molar-refractivity contribution < 1.29 is 4.79 Å². The van der Waals surface area contributed by atoms with E-state index >= 15 is 0 Å². The number of hydrogen-bond donors (Lipinski definition) is 1. The molecule has 2 fully saturated rings. The Bertz CT molecular complexity index is 539. The first-order valence-corrected chi connectivity index (χ1v) is 8.28. The Morgan fingerprint density at radius 3 is 2.73 bits per heavy atom. The molecular weight excluding hydrogens is 278 g/mol. The summed E-state index contributed by atoms with van der Waals surface area (Å²) in [4.78, 5) is 25.5. The molecule has 3 rings (SSSR count). The van der Waals surface area contributed by atoms with Crippen LogP contribution in [0.4, 0.5) is 5.82 Å². The minimum Gasteiger partial charge on any atom is -0.355 e. The lowest BCUT2D eigenvalue weighted by Gasteiger charge is -2.40. The second kappa shape index (κ2) is 6.60. The second-order valence-corrected chi connectivity index (χ2v) is 6.09. The summed E-state index contributed by atoms with van der Waals surface area (Å²) in [5, 5.41) is 2.98. The van der Waals surface area contributed by atoms with E-state index in [1.807, 2.05) is 6.92 Å². The molecule has 0 aromatic carbocycles. The molecule has 1 amide bonds. The molecule has 1 aromatic heterocycles. The summed E-state index contributed by atoms with van der Waals surface area (Å²) in [6.45, 7) is 8.72. The van der Waals surface area contributed by atoms with Crippen molar-refractivity contribution in [1.82, 2.24) is 20.2 Å². The largest absolute Gasteiger partial charge is 0.355 e. The van der Waals surface area contributed by atoms with Gasteiger partial charge in [0.2, 0.25) is 5.91 Å². The summed E-state index contributed by atoms with van der Waals surface area (Å²) in [6.07, 6.45) is 4.68. The van der Waals surface area contributed by atoms with Crippen molar-refractivity contribution in [3.05, 3.63) is 17.6 Å². The third-order valence-corrected chi connectivity index (χ3v) is 4.80. The summed E-state index contributed by atoms with van der Waals surface area (Å²) in [7, 11) is 0. The minimum atomic E-state index is 0.0636. The van der Waals surface area contributed by atoms with E-state index in [0.717, 1.165) is 63.5 Å². The Balaban J connectivity index is 1.67. The van der Waals surface area contributed by atoms with Crippen LogP contribution in [0.5, 0.6) is 0 Å². The predicted molar refractivity (Wildman–Crippen MR) is 86.0 cm³/mol. The number of aryl methyl sites for hydroxylation is 1. The van der Waals surface area contributed by atoms with E-state index in [-0.39, 0.29) is 11.9 Å². The molecule has 0 spiro atoms. The van der Waals surface area contributed by atoms with Gasteiger partial charge in [-0.1, -0.05) is 6.92 Å². The van der Waals surface area contributed by atoms with Crippen LogP contribution in [-0.4, -0.2) is 59.5 Å². The molecule has 22 heavy (non-hydrogen) atoms. The lowest BCUT2D eigenvalue weighted by molar-refractivity contribution is -0.128. The number of rotatable bonds is 3. The number of carbonyl (C=O) groups excluding carboxylic acids is 1. The molecule has 0 bridgehead atoms. The zero-order valence-corrected chi connectivity index (χ0v) is 13.5. The van der Waals surface area contributed by atoms with Gasteiger partial charge in [0.15, 0.2) is 0 Å². The summed E-state index contributed by atoms with van der Waals surface area (Å²) >= 11 is 0. The Morgan fingerprint density at radius 2 is 2.05 bits per heavy atom. The van der Waals surface area contributed by atoms with Crippen molar-refractivity contribution in [3.63, 3.8) is 0 Å². The molecule has 0 saturated carbocycles. The highest BCUT2D eigenvalue weighted by Gasteiger charge is 2.31. The molecule has 2 aliphatic rings. The number of piperidine rings is 1. The third-order valence-electron chi connectivity index (χ3n) is 4.80. The molecule has 0 aliphatic carbocycles. The summed E-state index contributed by atoms with van der Waals surface area (Å²) < 4.78 is 0. The molecule has 1 atom stereocenters. The molecular formula is C16H25N5O. The van der Waals surface area contributed by atoms with Crippen molar-refractivity contribution in [1.29, 1.82) is 0 Å². The maximum absolute atomic E-state index is 12.0. The van der Waals surface area contributed by atoms with Gasteiger partial charge >= 0.3 is 0 Å². The molecule has 6 nitrogen and oxygen atoms in total. The van der Waals surface area contributed by atoms with Crippen molar-refractivity contribution >= 4 is 11.7 Å². The summed E-state index contributed by atoms with van der Waals surface area (Å²) in [5.41, 5.74) is 2.31. The maximum atomic E-state index is 12.0. The van der Waals surface area contributed by atoms with Gasteiger partial charge in [0.05, 0.1) is 6.04 Å². The van der Waals surface area contributed by atoms with Gasteiger partial charge in [-0.05, 0) is 26.2 Å². The van der Waals surface area contributed by atoms with Crippen molar-refractivity contribution in [3.8, 4) is 0 Å². The van der Waals surface area contributed by atoms with E-state index in [2.05, 4.69) is 32.0 Å². The average molecular weight is 303 g/mol. The normalized spacial score (nSPS) is 23.5. The van der Waals surface area contributed by atoms with Gasteiger partial charge in [0.1, 0.15) is 12.1 Å². The number of carbonyl (C=O) groups is 1. The van der Waals surface area contributed by atoms with Crippen LogP contribution in [0.25, 0.3) is 0 Å². The first kappa shape index (κ1) is 15.2. The Kier molecular flexibility index (Phi) is 4.57. The Labute approximate surface area is 131 Å². The minimum absolute atomic E-state index is 0.0636. The fraction of sp³-hybridized carbons (Fsp3) is 0.688. The highest BCUT2D eigenvalue weighted by molar-refractivity contribution is 5.82. The van der Waals surface area contributed by atoms with Crippen molar-refractivity contribution in [2.24, 2.45) is 0 Å². The van der Waals surface area contributed by atoms with Crippen LogP contribution in [0.15, 0.2) is 6.33 Å². The van der Waals surface area contributed by atoms with Crippen LogP contribution in [0.1, 0.15) is 31.0 Å². The number of anilines is 1. The molecule has 1 N–H and O–H groups in total. The van der Waals surface area contributed by atoms with E-state index in [1.54, 1.807) is 6.33 Å². The predicted octanol–water partition coefficient (Wildman–Crippen LogP) is 0.748. The smallest absolute Gasteiger partial charge is 0.237 e. The van der Waals surface area contributed by atoms with Crippen LogP contribution in [-0.2, 0) is 11.2 Å². The van der Waals surface area contributed by atoms with E-state index in [1.165, 1.54) is 5.56 Å². The lowest BCUT2D eigenvalue weighted by Crippen LogP contribution is -2.57. The molecule has 2 saturated heterocycles. The first-order valence-electron chi connectivity index (χ1n) is 8.28. The number of nitrogens with zero attached hydrogens (tertiary/aromatic N) is 4. The van der Waals surface area contributed by atoms with Crippen molar-refractivity contribution in [2.45, 2.75) is 39.2 Å². The van der Waals surface area contributed by atoms with Gasteiger partial charge in [-0.2, -0.15) is 0 Å². The molecule has 1 unspecified atom stereocenters. The standard InChI is InChI=1S/C16H25N5O/c1-3-13-12(2)18-11-19-15(13)21-9-7-20(8-10-21)14-5-4-6-17-16(14)22/h11,14H,3-10H2,1-2H3,(H,17,22). The summed E-state index contributed by atoms with van der Waals surface area (Å²) in [6, 6.07) is 0.0636. The van der Waals surface area contributed by atoms with E-state index in [9.17, 15) is 4.79 Å². The number of amides is 1. The highest BCUT2D eigenvalue weighted by Crippen LogP contribution is 2.22. The van der Waals surface area contributed by atoms with Crippen LogP contribution >= 0.6 is 0 Å². The number of aromatic nitrogens is 2. The topological polar surface area (TPSA) is 61.4 Å². The first-order chi connectivity index (χ1) is 10.7. The third kappa shape index (κ3) is 2.92. The van der Waals surface area contributed by atoms with Gasteiger partial charge in [0.25, 0.3) is 0 Å². The number of nitrogens with one attached hydrogen (secondary N) is 1. The van der Waals surface area contributed by atoms with E-state index < -0.39 is 0 Å². The van der Waals surface area contributed by atoms with E-state index in [0.29, 0.717) is 0 Å². The SMILES string of the molecule is CCc1c(C)ncnc1N1CCN(C2CCCNC2=O)CC1. The summed E-state index contributed by atoms with van der Waals surface area (Å²) in [5.74, 6) is 1.27. The van der Waals surface area contributed by atoms with Gasteiger partial charge < -0.3 is 10.2 Å². The van der Waals surface area contributed by atoms with Crippen molar-refractivity contribution in [2.75, 3.05) is 37.6 Å². The molecule has 120 valence electrons. The van der Waals surface area contributed by atoms with Crippen LogP contribution in [0.2, 0.25) is 0 Å². The van der Waals surface area contributed by atoms with Gasteiger partial charge in [0, 0.05) is 44.0 Å². The Morgan fingerprint density at radius 1 is 1.27 bits per heavy atom. The lowest BCUT2D eigenvalue weighted by atomic mass is 10.0. The maximum Gasteiger partial charge on any atom is 0.237 e. The van der Waals surface area contributed by atoms with Crippen LogP contribution in [0.3, 0.4) is 0 Å². The van der Waals surface area contributed by atoms with Gasteiger partial charge in [-0.25, -0.2) is 9.97 Å². The fourth-order valence-corrected chi connectivity index (χ4v) is 3.52. The van der Waals surface area contributed by atoms with Crippen LogP contribution < -0.4 is 10.2 Å². The average Bonchev–Trinajstić information content (AvgIpc) is 2.55. The Hall–Kier alpha value is -1.69. The molecule has 2 aliphatic heterocycles. The highest BCUT2D eigenvalue weighted by atomic mass is 16.2. The monoisotopic (exact) mass is 303 g/mol. The molecule has 6 heteroatoms.